The molecule has 0 unspecified atom stereocenters. The molecule has 48 heavy (non-hydrogen) atoms. The molecule has 1 heterocycles. The minimum absolute atomic E-state index is 0.0369. The van der Waals surface area contributed by atoms with Crippen molar-refractivity contribution in [2.45, 2.75) is 51.4 Å². The number of carbonyl (C=O) groups is 2. The first-order valence-corrected chi connectivity index (χ1v) is 17.4. The van der Waals surface area contributed by atoms with Crippen molar-refractivity contribution >= 4 is 11.8 Å². The van der Waals surface area contributed by atoms with Crippen molar-refractivity contribution in [2.75, 3.05) is 26.2 Å². The topological polar surface area (TPSA) is 53.5 Å². The van der Waals surface area contributed by atoms with E-state index in [-0.39, 0.29) is 11.8 Å². The fraction of sp³-hybridized carbons (Fsp3) is 0.279. The van der Waals surface area contributed by atoms with Gasteiger partial charge in [0.15, 0.2) is 0 Å². The van der Waals surface area contributed by atoms with Gasteiger partial charge in [-0.3, -0.25) is 14.6 Å². The highest BCUT2D eigenvalue weighted by atomic mass is 16.2. The van der Waals surface area contributed by atoms with Crippen LogP contribution in [0.15, 0.2) is 140 Å². The molecule has 0 bridgehead atoms. The molecule has 0 aliphatic carbocycles. The van der Waals surface area contributed by atoms with E-state index in [9.17, 15) is 9.59 Å². The quantitative estimate of drug-likeness (QED) is 0.0968. The van der Waals surface area contributed by atoms with Gasteiger partial charge in [0.25, 0.3) is 11.8 Å². The lowest BCUT2D eigenvalue weighted by atomic mass is 10.1. The summed E-state index contributed by atoms with van der Waals surface area (Å²) in [4.78, 5) is 36.0. The zero-order valence-electron chi connectivity index (χ0n) is 27.9. The van der Waals surface area contributed by atoms with E-state index in [1.807, 2.05) is 34.1 Å². The van der Waals surface area contributed by atoms with Crippen molar-refractivity contribution < 1.29 is 9.59 Å². The van der Waals surface area contributed by atoms with Crippen LogP contribution in [0.1, 0.15) is 68.8 Å². The number of aryl methyl sites for hydroxylation is 4. The molecule has 5 rings (SSSR count). The molecule has 0 aliphatic heterocycles. The minimum atomic E-state index is -0.0855. The summed E-state index contributed by atoms with van der Waals surface area (Å²) in [5.74, 6) is -0.122. The van der Waals surface area contributed by atoms with Gasteiger partial charge < -0.3 is 9.80 Å². The summed E-state index contributed by atoms with van der Waals surface area (Å²) in [6.07, 6.45) is 8.75. The Bertz CT molecular complexity index is 1430. The first-order valence-electron chi connectivity index (χ1n) is 17.4. The predicted molar refractivity (Wildman–Crippen MR) is 195 cm³/mol. The van der Waals surface area contributed by atoms with Crippen LogP contribution in [-0.2, 0) is 25.7 Å². The van der Waals surface area contributed by atoms with E-state index in [4.69, 9.17) is 0 Å². The fourth-order valence-electron chi connectivity index (χ4n) is 6.10. The van der Waals surface area contributed by atoms with Crippen molar-refractivity contribution in [3.8, 4) is 0 Å². The number of nitrogens with zero attached hydrogens (tertiary/aromatic N) is 3. The lowest BCUT2D eigenvalue weighted by Gasteiger charge is -2.24. The Hall–Kier alpha value is -5.03. The van der Waals surface area contributed by atoms with Crippen LogP contribution in [0.5, 0.6) is 0 Å². The summed E-state index contributed by atoms with van der Waals surface area (Å²) in [6, 6.07) is 45.1. The number of rotatable bonds is 18. The largest absolute Gasteiger partial charge is 0.339 e. The van der Waals surface area contributed by atoms with Crippen LogP contribution in [0.2, 0.25) is 0 Å². The van der Waals surface area contributed by atoms with E-state index in [0.717, 1.165) is 51.4 Å². The SMILES string of the molecule is O=C(c1ccc(C(=O)N(CCCc2ccccc2)CCCc2ccccc2)nc1)N(CCCc1ccccc1)CCCc1ccccc1. The second kappa shape index (κ2) is 19.0. The van der Waals surface area contributed by atoms with E-state index in [1.165, 1.54) is 22.3 Å². The molecule has 2 amide bonds. The Morgan fingerprint density at radius 2 is 0.750 bits per heavy atom. The Kier molecular flexibility index (Phi) is 13.5. The van der Waals surface area contributed by atoms with Gasteiger partial charge in [0.2, 0.25) is 0 Å². The van der Waals surface area contributed by atoms with Crippen molar-refractivity contribution in [3.05, 3.63) is 173 Å². The number of hydrogen-bond donors (Lipinski definition) is 0. The second-order valence-electron chi connectivity index (χ2n) is 12.4. The van der Waals surface area contributed by atoms with Gasteiger partial charge in [-0.1, -0.05) is 121 Å². The van der Waals surface area contributed by atoms with Crippen molar-refractivity contribution in [1.29, 1.82) is 0 Å². The summed E-state index contributed by atoms with van der Waals surface area (Å²) in [5, 5.41) is 0. The molecule has 5 nitrogen and oxygen atoms in total. The molecule has 0 aliphatic rings. The highest BCUT2D eigenvalue weighted by Gasteiger charge is 2.20. The summed E-state index contributed by atoms with van der Waals surface area (Å²) < 4.78 is 0. The van der Waals surface area contributed by atoms with Crippen LogP contribution in [0.3, 0.4) is 0 Å². The van der Waals surface area contributed by atoms with Crippen LogP contribution in [0.4, 0.5) is 0 Å². The van der Waals surface area contributed by atoms with E-state index in [1.54, 1.807) is 18.3 Å². The number of carbonyl (C=O) groups excluding carboxylic acids is 2. The maximum Gasteiger partial charge on any atom is 0.272 e. The third-order valence-electron chi connectivity index (χ3n) is 8.75. The molecular formula is C43H47N3O2. The smallest absolute Gasteiger partial charge is 0.272 e. The van der Waals surface area contributed by atoms with Crippen LogP contribution in [0, 0.1) is 0 Å². The summed E-state index contributed by atoms with van der Waals surface area (Å²) in [7, 11) is 0. The second-order valence-corrected chi connectivity index (χ2v) is 12.4. The molecule has 0 spiro atoms. The van der Waals surface area contributed by atoms with Crippen molar-refractivity contribution in [1.82, 2.24) is 14.8 Å². The lowest BCUT2D eigenvalue weighted by molar-refractivity contribution is 0.0735. The molecule has 246 valence electrons. The predicted octanol–water partition coefficient (Wildman–Crippen LogP) is 8.50. The average molecular weight is 638 g/mol. The first-order chi connectivity index (χ1) is 23.7. The average Bonchev–Trinajstić information content (AvgIpc) is 3.15. The van der Waals surface area contributed by atoms with Gasteiger partial charge in [-0.25, -0.2) is 0 Å². The number of amides is 2. The number of hydrogen-bond acceptors (Lipinski definition) is 3. The van der Waals surface area contributed by atoms with Gasteiger partial charge in [0.1, 0.15) is 5.69 Å². The number of aromatic nitrogens is 1. The van der Waals surface area contributed by atoms with E-state index in [0.29, 0.717) is 37.4 Å². The molecule has 0 N–H and O–H groups in total. The third-order valence-corrected chi connectivity index (χ3v) is 8.75. The number of pyridine rings is 1. The van der Waals surface area contributed by atoms with E-state index >= 15 is 0 Å². The normalized spacial score (nSPS) is 10.8. The van der Waals surface area contributed by atoms with Crippen LogP contribution >= 0.6 is 0 Å². The van der Waals surface area contributed by atoms with Gasteiger partial charge in [-0.15, -0.1) is 0 Å². The zero-order chi connectivity index (χ0) is 33.2. The molecule has 0 saturated carbocycles. The fourth-order valence-corrected chi connectivity index (χ4v) is 6.10. The Labute approximate surface area is 286 Å². The van der Waals surface area contributed by atoms with Crippen LogP contribution < -0.4 is 0 Å². The third kappa shape index (κ3) is 11.0. The molecule has 0 fully saturated rings. The molecule has 5 aromatic rings. The molecule has 4 aromatic carbocycles. The maximum absolute atomic E-state index is 13.8. The van der Waals surface area contributed by atoms with Crippen LogP contribution in [-0.4, -0.2) is 52.8 Å². The minimum Gasteiger partial charge on any atom is -0.339 e. The van der Waals surface area contributed by atoms with Crippen LogP contribution in [0.25, 0.3) is 0 Å². The monoisotopic (exact) mass is 637 g/mol. The zero-order valence-corrected chi connectivity index (χ0v) is 27.9. The van der Waals surface area contributed by atoms with Gasteiger partial charge in [-0.2, -0.15) is 0 Å². The maximum atomic E-state index is 13.8. The molecule has 5 heteroatoms. The molecule has 1 aromatic heterocycles. The van der Waals surface area contributed by atoms with Crippen molar-refractivity contribution in [3.63, 3.8) is 0 Å². The number of benzene rings is 4. The standard InChI is InChI=1S/C43H47N3O2/c47-42(45(31-13-25-36-17-5-1-6-18-36)32-14-26-37-19-7-2-8-20-37)40-29-30-41(44-35-40)43(48)46(33-15-27-38-21-9-3-10-22-38)34-16-28-39-23-11-4-12-24-39/h1-12,17-24,29-30,35H,13-16,25-28,31-34H2. The molecule has 0 saturated heterocycles. The summed E-state index contributed by atoms with van der Waals surface area (Å²) >= 11 is 0. The van der Waals surface area contributed by atoms with Gasteiger partial charge >= 0.3 is 0 Å². The Morgan fingerprint density at radius 1 is 0.417 bits per heavy atom. The molecular weight excluding hydrogens is 590 g/mol. The Balaban J connectivity index is 1.22. The van der Waals surface area contributed by atoms with E-state index < -0.39 is 0 Å². The summed E-state index contributed by atoms with van der Waals surface area (Å²) in [6.45, 7) is 2.64. The van der Waals surface area contributed by atoms with Gasteiger partial charge in [-0.05, 0) is 85.8 Å². The first kappa shape index (κ1) is 34.3. The van der Waals surface area contributed by atoms with Crippen molar-refractivity contribution in [2.24, 2.45) is 0 Å². The highest BCUT2D eigenvalue weighted by molar-refractivity contribution is 5.96. The molecule has 0 atom stereocenters. The van der Waals surface area contributed by atoms with Gasteiger partial charge in [0.05, 0.1) is 5.56 Å². The van der Waals surface area contributed by atoms with E-state index in [2.05, 4.69) is 102 Å². The lowest BCUT2D eigenvalue weighted by Crippen LogP contribution is -2.35. The van der Waals surface area contributed by atoms with Gasteiger partial charge in [0, 0.05) is 32.4 Å². The molecule has 0 radical (unpaired) electrons. The summed E-state index contributed by atoms with van der Waals surface area (Å²) in [5.41, 5.74) is 5.99. The highest BCUT2D eigenvalue weighted by Crippen LogP contribution is 2.14. The Morgan fingerprint density at radius 3 is 1.06 bits per heavy atom.